The van der Waals surface area contributed by atoms with Gasteiger partial charge in [-0.2, -0.15) is 4.99 Å². The van der Waals surface area contributed by atoms with Gasteiger partial charge < -0.3 is 0 Å². The number of rotatable bonds is 3. The Morgan fingerprint density at radius 2 is 2.19 bits per heavy atom. The van der Waals surface area contributed by atoms with Crippen molar-refractivity contribution in [3.8, 4) is 0 Å². The molecule has 0 fully saturated rings. The van der Waals surface area contributed by atoms with E-state index in [1.807, 2.05) is 13.0 Å². The molecule has 0 N–H and O–H groups in total. The molecule has 2 aliphatic rings. The number of carbonyl (C=O) groups excluding carboxylic acids is 1. The molecule has 0 aromatic carbocycles. The Kier molecular flexibility index (Phi) is 3.08. The van der Waals surface area contributed by atoms with Gasteiger partial charge in [0.2, 0.25) is 0 Å². The Balaban J connectivity index is 2.20. The van der Waals surface area contributed by atoms with Gasteiger partial charge in [-0.3, -0.25) is 4.79 Å². The van der Waals surface area contributed by atoms with Crippen molar-refractivity contribution in [1.29, 1.82) is 0 Å². The summed E-state index contributed by atoms with van der Waals surface area (Å²) in [5, 5.41) is 0. The average molecular weight is 217 g/mol. The lowest BCUT2D eigenvalue weighted by molar-refractivity contribution is -0.118. The number of amides is 1. The largest absolute Gasteiger partial charge is 0.271 e. The first-order chi connectivity index (χ1) is 7.70. The maximum absolute atomic E-state index is 11.8. The standard InChI is InChI=1S/C12H15N3O/c1-3-4-5-10-14-11-9(12(16)15-10)6-8(2)7-13-11/h6-7,9H,3-5H2,1-2H3. The van der Waals surface area contributed by atoms with Crippen LogP contribution in [0.4, 0.5) is 0 Å². The lowest BCUT2D eigenvalue weighted by atomic mass is 10.0. The molecule has 0 aromatic heterocycles. The predicted octanol–water partition coefficient (Wildman–Crippen LogP) is 2.16. The third kappa shape index (κ3) is 2.15. The highest BCUT2D eigenvalue weighted by molar-refractivity contribution is 6.19. The second kappa shape index (κ2) is 4.51. The number of unbranched alkanes of at least 4 members (excludes halogenated alkanes) is 1. The van der Waals surface area contributed by atoms with Crippen LogP contribution in [0.1, 0.15) is 33.1 Å². The highest BCUT2D eigenvalue weighted by Gasteiger charge is 2.28. The van der Waals surface area contributed by atoms with Crippen LogP contribution in [0.3, 0.4) is 0 Å². The van der Waals surface area contributed by atoms with Crippen LogP contribution in [0.15, 0.2) is 26.6 Å². The summed E-state index contributed by atoms with van der Waals surface area (Å²) in [6, 6.07) is 0. The van der Waals surface area contributed by atoms with Gasteiger partial charge in [-0.15, -0.1) is 0 Å². The molecular formula is C12H15N3O. The summed E-state index contributed by atoms with van der Waals surface area (Å²) in [4.78, 5) is 24.3. The molecule has 0 aromatic rings. The average Bonchev–Trinajstić information content (AvgIpc) is 2.27. The minimum Gasteiger partial charge on any atom is -0.271 e. The lowest BCUT2D eigenvalue weighted by Gasteiger charge is -2.18. The first-order valence-corrected chi connectivity index (χ1v) is 5.63. The number of amidine groups is 2. The van der Waals surface area contributed by atoms with E-state index in [4.69, 9.17) is 0 Å². The van der Waals surface area contributed by atoms with Crippen LogP contribution in [-0.2, 0) is 4.79 Å². The van der Waals surface area contributed by atoms with E-state index in [1.165, 1.54) is 0 Å². The zero-order chi connectivity index (χ0) is 11.5. The SMILES string of the molecule is CCCCC1=NC(=O)C2C=C(C)C=NC2=N1. The van der Waals surface area contributed by atoms with E-state index in [-0.39, 0.29) is 11.8 Å². The molecule has 0 saturated carbocycles. The summed E-state index contributed by atoms with van der Waals surface area (Å²) in [6.07, 6.45) is 6.45. The molecule has 0 aliphatic carbocycles. The van der Waals surface area contributed by atoms with Gasteiger partial charge in [0, 0.05) is 12.6 Å². The number of hydrogen-bond donors (Lipinski definition) is 0. The Bertz CT molecular complexity index is 430. The van der Waals surface area contributed by atoms with E-state index in [9.17, 15) is 4.79 Å². The summed E-state index contributed by atoms with van der Waals surface area (Å²) in [5.41, 5.74) is 0.990. The number of dihydropyridines is 1. The van der Waals surface area contributed by atoms with Gasteiger partial charge in [0.05, 0.1) is 0 Å². The molecule has 84 valence electrons. The fraction of sp³-hybridized carbons (Fsp3) is 0.500. The number of aliphatic imine (C=N–C) groups is 3. The molecular weight excluding hydrogens is 202 g/mol. The van der Waals surface area contributed by atoms with E-state index in [0.717, 1.165) is 24.8 Å². The highest BCUT2D eigenvalue weighted by atomic mass is 16.1. The summed E-state index contributed by atoms with van der Waals surface area (Å²) in [5.74, 6) is 0.739. The van der Waals surface area contributed by atoms with Crippen molar-refractivity contribution < 1.29 is 4.79 Å². The Hall–Kier alpha value is -1.58. The molecule has 0 saturated heterocycles. The summed E-state index contributed by atoms with van der Waals surface area (Å²) in [6.45, 7) is 4.02. The molecule has 0 spiro atoms. The monoisotopic (exact) mass is 217 g/mol. The smallest absolute Gasteiger partial charge is 0.262 e. The van der Waals surface area contributed by atoms with Crippen molar-refractivity contribution in [3.63, 3.8) is 0 Å². The molecule has 1 amide bonds. The van der Waals surface area contributed by atoms with Gasteiger partial charge in [0.15, 0.2) is 0 Å². The number of allylic oxidation sites excluding steroid dienone is 1. The van der Waals surface area contributed by atoms with Gasteiger partial charge in [-0.25, -0.2) is 9.98 Å². The Morgan fingerprint density at radius 3 is 2.94 bits per heavy atom. The van der Waals surface area contributed by atoms with Crippen LogP contribution in [0.25, 0.3) is 0 Å². The maximum Gasteiger partial charge on any atom is 0.262 e. The fourth-order valence-electron chi connectivity index (χ4n) is 1.71. The Labute approximate surface area is 94.9 Å². The first-order valence-electron chi connectivity index (χ1n) is 5.63. The molecule has 16 heavy (non-hydrogen) atoms. The minimum atomic E-state index is -0.352. The van der Waals surface area contributed by atoms with Crippen molar-refractivity contribution in [1.82, 2.24) is 0 Å². The minimum absolute atomic E-state index is 0.132. The van der Waals surface area contributed by atoms with Gasteiger partial charge in [0.25, 0.3) is 5.91 Å². The van der Waals surface area contributed by atoms with Crippen LogP contribution >= 0.6 is 0 Å². The van der Waals surface area contributed by atoms with Gasteiger partial charge in [-0.05, 0) is 18.9 Å². The molecule has 1 atom stereocenters. The molecule has 2 heterocycles. The zero-order valence-electron chi connectivity index (χ0n) is 9.60. The second-order valence-corrected chi connectivity index (χ2v) is 4.09. The zero-order valence-corrected chi connectivity index (χ0v) is 9.60. The lowest BCUT2D eigenvalue weighted by Crippen LogP contribution is -2.28. The topological polar surface area (TPSA) is 54.1 Å². The number of hydrogen-bond acceptors (Lipinski definition) is 3. The van der Waals surface area contributed by atoms with E-state index < -0.39 is 0 Å². The maximum atomic E-state index is 11.8. The highest BCUT2D eigenvalue weighted by Crippen LogP contribution is 2.18. The van der Waals surface area contributed by atoms with Crippen molar-refractivity contribution in [2.45, 2.75) is 33.1 Å². The molecule has 0 bridgehead atoms. The molecule has 2 aliphatic heterocycles. The van der Waals surface area contributed by atoms with Crippen molar-refractivity contribution in [3.05, 3.63) is 11.6 Å². The van der Waals surface area contributed by atoms with Crippen LogP contribution in [0, 0.1) is 5.92 Å². The van der Waals surface area contributed by atoms with E-state index >= 15 is 0 Å². The van der Waals surface area contributed by atoms with Crippen LogP contribution < -0.4 is 0 Å². The van der Waals surface area contributed by atoms with Crippen molar-refractivity contribution >= 4 is 23.8 Å². The normalized spacial score (nSPS) is 23.5. The molecule has 4 heteroatoms. The summed E-state index contributed by atoms with van der Waals surface area (Å²) in [7, 11) is 0. The Morgan fingerprint density at radius 1 is 1.38 bits per heavy atom. The van der Waals surface area contributed by atoms with Crippen molar-refractivity contribution in [2.75, 3.05) is 0 Å². The van der Waals surface area contributed by atoms with E-state index in [2.05, 4.69) is 21.9 Å². The molecule has 4 nitrogen and oxygen atoms in total. The fourth-order valence-corrected chi connectivity index (χ4v) is 1.71. The van der Waals surface area contributed by atoms with Crippen LogP contribution in [0.2, 0.25) is 0 Å². The number of nitrogens with zero attached hydrogens (tertiary/aromatic N) is 3. The number of carbonyl (C=O) groups is 1. The van der Waals surface area contributed by atoms with Gasteiger partial charge >= 0.3 is 0 Å². The third-order valence-electron chi connectivity index (χ3n) is 2.61. The quantitative estimate of drug-likeness (QED) is 0.714. The van der Waals surface area contributed by atoms with Crippen LogP contribution in [-0.4, -0.2) is 23.8 Å². The summed E-state index contributed by atoms with van der Waals surface area (Å²) < 4.78 is 0. The van der Waals surface area contributed by atoms with Crippen molar-refractivity contribution in [2.24, 2.45) is 20.9 Å². The second-order valence-electron chi connectivity index (χ2n) is 4.09. The van der Waals surface area contributed by atoms with Gasteiger partial charge in [-0.1, -0.05) is 19.4 Å². The molecule has 2 rings (SSSR count). The van der Waals surface area contributed by atoms with Crippen LogP contribution in [0.5, 0.6) is 0 Å². The third-order valence-corrected chi connectivity index (χ3v) is 2.61. The molecule has 0 radical (unpaired) electrons. The van der Waals surface area contributed by atoms with E-state index in [0.29, 0.717) is 11.7 Å². The number of fused-ring (bicyclic) bond motifs is 1. The predicted molar refractivity (Wildman–Crippen MR) is 65.1 cm³/mol. The first kappa shape index (κ1) is 10.9. The van der Waals surface area contributed by atoms with E-state index in [1.54, 1.807) is 6.21 Å². The summed E-state index contributed by atoms with van der Waals surface area (Å²) >= 11 is 0. The molecule has 1 unspecified atom stereocenters. The van der Waals surface area contributed by atoms with Gasteiger partial charge in [0.1, 0.15) is 17.6 Å².